The molecule has 1 aliphatic rings. The fourth-order valence-corrected chi connectivity index (χ4v) is 2.50. The largest absolute Gasteiger partial charge is 0.480 e. The Morgan fingerprint density at radius 3 is 2.67 bits per heavy atom. The minimum atomic E-state index is -1.19. The van der Waals surface area contributed by atoms with Gasteiger partial charge in [0.1, 0.15) is 5.54 Å². The van der Waals surface area contributed by atoms with Crippen molar-refractivity contribution >= 4 is 23.6 Å². The van der Waals surface area contributed by atoms with E-state index in [1.807, 2.05) is 12.1 Å². The standard InChI is InChI=1S/C15H19ClN2O3/c1-15(13(19)20,11-6-7-11)17-14(21)18(2)9-10-4-3-5-12(16)8-10/h3-5,8,11H,6-7,9H2,1-2H3,(H,17,21)(H,19,20). The molecule has 0 aromatic heterocycles. The molecule has 1 unspecified atom stereocenters. The Bertz CT molecular complexity index is 560. The van der Waals surface area contributed by atoms with E-state index in [9.17, 15) is 14.7 Å². The van der Waals surface area contributed by atoms with Gasteiger partial charge in [-0.25, -0.2) is 9.59 Å². The Labute approximate surface area is 128 Å². The summed E-state index contributed by atoms with van der Waals surface area (Å²) in [6, 6.07) is 6.83. The van der Waals surface area contributed by atoms with Crippen molar-refractivity contribution in [3.63, 3.8) is 0 Å². The Morgan fingerprint density at radius 2 is 2.14 bits per heavy atom. The highest BCUT2D eigenvalue weighted by atomic mass is 35.5. The molecule has 1 atom stereocenters. The Balaban J connectivity index is 2.00. The van der Waals surface area contributed by atoms with E-state index in [4.69, 9.17) is 11.6 Å². The lowest BCUT2D eigenvalue weighted by atomic mass is 9.96. The second-order valence-corrected chi connectivity index (χ2v) is 6.13. The molecule has 0 radical (unpaired) electrons. The Morgan fingerprint density at radius 1 is 1.48 bits per heavy atom. The average molecular weight is 311 g/mol. The van der Waals surface area contributed by atoms with Gasteiger partial charge >= 0.3 is 12.0 Å². The molecule has 1 aliphatic carbocycles. The van der Waals surface area contributed by atoms with Crippen molar-refractivity contribution in [3.8, 4) is 0 Å². The molecule has 0 spiro atoms. The van der Waals surface area contributed by atoms with Crippen molar-refractivity contribution in [1.82, 2.24) is 10.2 Å². The third kappa shape index (κ3) is 3.67. The number of urea groups is 1. The van der Waals surface area contributed by atoms with Crippen LogP contribution in [-0.2, 0) is 11.3 Å². The van der Waals surface area contributed by atoms with E-state index >= 15 is 0 Å². The zero-order valence-corrected chi connectivity index (χ0v) is 12.9. The molecule has 2 amide bonds. The summed E-state index contributed by atoms with van der Waals surface area (Å²) in [6.07, 6.45) is 1.67. The van der Waals surface area contributed by atoms with Crippen molar-refractivity contribution in [1.29, 1.82) is 0 Å². The van der Waals surface area contributed by atoms with Crippen LogP contribution in [0.3, 0.4) is 0 Å². The van der Waals surface area contributed by atoms with Gasteiger partial charge in [0.15, 0.2) is 0 Å². The number of nitrogens with zero attached hydrogens (tertiary/aromatic N) is 1. The van der Waals surface area contributed by atoms with E-state index < -0.39 is 17.5 Å². The molecule has 1 aromatic rings. The Kier molecular flexibility index (Phi) is 4.42. The van der Waals surface area contributed by atoms with Crippen LogP contribution in [0.15, 0.2) is 24.3 Å². The lowest BCUT2D eigenvalue weighted by molar-refractivity contribution is -0.144. The van der Waals surface area contributed by atoms with Gasteiger partial charge in [0, 0.05) is 18.6 Å². The van der Waals surface area contributed by atoms with E-state index in [0.29, 0.717) is 11.6 Å². The number of hydrogen-bond donors (Lipinski definition) is 2. The number of hydrogen-bond acceptors (Lipinski definition) is 2. The molecular weight excluding hydrogens is 292 g/mol. The molecular formula is C15H19ClN2O3. The van der Waals surface area contributed by atoms with Gasteiger partial charge in [0.05, 0.1) is 0 Å². The van der Waals surface area contributed by atoms with Gasteiger partial charge in [-0.05, 0) is 43.4 Å². The van der Waals surface area contributed by atoms with Crippen LogP contribution in [-0.4, -0.2) is 34.6 Å². The summed E-state index contributed by atoms with van der Waals surface area (Å²) in [5.74, 6) is -0.979. The van der Waals surface area contributed by atoms with Gasteiger partial charge in [-0.1, -0.05) is 23.7 Å². The molecule has 2 N–H and O–H groups in total. The number of amides is 2. The molecule has 0 bridgehead atoms. The Hall–Kier alpha value is -1.75. The average Bonchev–Trinajstić information content (AvgIpc) is 3.22. The van der Waals surface area contributed by atoms with Crippen molar-refractivity contribution in [3.05, 3.63) is 34.9 Å². The van der Waals surface area contributed by atoms with E-state index in [1.165, 1.54) is 4.90 Å². The molecule has 5 nitrogen and oxygen atoms in total. The maximum Gasteiger partial charge on any atom is 0.329 e. The summed E-state index contributed by atoms with van der Waals surface area (Å²) in [7, 11) is 1.63. The molecule has 0 aliphatic heterocycles. The van der Waals surface area contributed by atoms with Gasteiger partial charge in [-0.2, -0.15) is 0 Å². The van der Waals surface area contributed by atoms with E-state index in [2.05, 4.69) is 5.32 Å². The SMILES string of the molecule is CN(Cc1cccc(Cl)c1)C(=O)NC(C)(C(=O)O)C1CC1. The fourth-order valence-electron chi connectivity index (χ4n) is 2.29. The molecule has 114 valence electrons. The minimum absolute atomic E-state index is 0.0125. The van der Waals surface area contributed by atoms with Gasteiger partial charge in [-0.15, -0.1) is 0 Å². The number of carbonyl (C=O) groups is 2. The first-order valence-corrected chi connectivity index (χ1v) is 7.22. The number of carboxylic acid groups (broad SMARTS) is 1. The lowest BCUT2D eigenvalue weighted by Crippen LogP contribution is -2.56. The molecule has 0 heterocycles. The zero-order valence-electron chi connectivity index (χ0n) is 12.1. The van der Waals surface area contributed by atoms with Crippen LogP contribution in [0, 0.1) is 5.92 Å². The van der Waals surface area contributed by atoms with Crippen LogP contribution < -0.4 is 5.32 Å². The number of carbonyl (C=O) groups excluding carboxylic acids is 1. The van der Waals surface area contributed by atoms with Crippen molar-refractivity contribution < 1.29 is 14.7 Å². The number of rotatable bonds is 5. The first-order chi connectivity index (χ1) is 9.83. The minimum Gasteiger partial charge on any atom is -0.480 e. The van der Waals surface area contributed by atoms with Gasteiger partial charge in [0.25, 0.3) is 0 Å². The molecule has 6 heteroatoms. The molecule has 1 saturated carbocycles. The van der Waals surface area contributed by atoms with E-state index in [-0.39, 0.29) is 5.92 Å². The predicted molar refractivity (Wildman–Crippen MR) is 80.2 cm³/mol. The van der Waals surface area contributed by atoms with Crippen LogP contribution in [0.25, 0.3) is 0 Å². The van der Waals surface area contributed by atoms with Crippen LogP contribution in [0.1, 0.15) is 25.3 Å². The third-order valence-corrected chi connectivity index (χ3v) is 4.10. The summed E-state index contributed by atoms with van der Waals surface area (Å²) in [6.45, 7) is 1.94. The van der Waals surface area contributed by atoms with Gasteiger partial charge in [-0.3, -0.25) is 0 Å². The number of nitrogens with one attached hydrogen (secondary N) is 1. The molecule has 1 aromatic carbocycles. The molecule has 0 saturated heterocycles. The number of aliphatic carboxylic acids is 1. The highest BCUT2D eigenvalue weighted by molar-refractivity contribution is 6.30. The maximum absolute atomic E-state index is 12.2. The summed E-state index contributed by atoms with van der Waals surface area (Å²) in [5, 5.41) is 12.6. The predicted octanol–water partition coefficient (Wildman–Crippen LogP) is 2.73. The van der Waals surface area contributed by atoms with E-state index in [1.54, 1.807) is 26.1 Å². The fraction of sp³-hybridized carbons (Fsp3) is 0.467. The molecule has 21 heavy (non-hydrogen) atoms. The van der Waals surface area contributed by atoms with Gasteiger partial charge in [0.2, 0.25) is 0 Å². The highest BCUT2D eigenvalue weighted by Gasteiger charge is 2.48. The summed E-state index contributed by atoms with van der Waals surface area (Å²) in [4.78, 5) is 25.1. The maximum atomic E-state index is 12.2. The van der Waals surface area contributed by atoms with Crippen molar-refractivity contribution in [2.75, 3.05) is 7.05 Å². The van der Waals surface area contributed by atoms with Crippen molar-refractivity contribution in [2.45, 2.75) is 31.8 Å². The monoisotopic (exact) mass is 310 g/mol. The summed E-state index contributed by atoms with van der Waals surface area (Å²) < 4.78 is 0. The van der Waals surface area contributed by atoms with Crippen LogP contribution in [0.4, 0.5) is 4.79 Å². The first kappa shape index (κ1) is 15.6. The topological polar surface area (TPSA) is 69.6 Å². The second kappa shape index (κ2) is 5.93. The second-order valence-electron chi connectivity index (χ2n) is 5.70. The number of carboxylic acids is 1. The smallest absolute Gasteiger partial charge is 0.329 e. The lowest BCUT2D eigenvalue weighted by Gasteiger charge is -2.29. The summed E-state index contributed by atoms with van der Waals surface area (Å²) >= 11 is 5.91. The van der Waals surface area contributed by atoms with Gasteiger partial charge < -0.3 is 15.3 Å². The van der Waals surface area contributed by atoms with Crippen LogP contribution in [0.2, 0.25) is 5.02 Å². The molecule has 1 fully saturated rings. The third-order valence-electron chi connectivity index (χ3n) is 3.86. The quantitative estimate of drug-likeness (QED) is 0.878. The number of benzene rings is 1. The highest BCUT2D eigenvalue weighted by Crippen LogP contribution is 2.39. The van der Waals surface area contributed by atoms with E-state index in [0.717, 1.165) is 18.4 Å². The van der Waals surface area contributed by atoms with Crippen LogP contribution >= 0.6 is 11.6 Å². The van der Waals surface area contributed by atoms with Crippen molar-refractivity contribution in [2.24, 2.45) is 5.92 Å². The number of halogens is 1. The normalized spacial score (nSPS) is 16.9. The van der Waals surface area contributed by atoms with Crippen LogP contribution in [0.5, 0.6) is 0 Å². The summed E-state index contributed by atoms with van der Waals surface area (Å²) in [5.41, 5.74) is -0.303. The first-order valence-electron chi connectivity index (χ1n) is 6.84. The zero-order chi connectivity index (χ0) is 15.6. The molecule has 2 rings (SSSR count).